The fourth-order valence-corrected chi connectivity index (χ4v) is 6.85. The maximum absolute atomic E-state index is 13.0. The summed E-state index contributed by atoms with van der Waals surface area (Å²) in [6.45, 7) is 2.03. The highest BCUT2D eigenvalue weighted by atomic mass is 35.5. The third kappa shape index (κ3) is 5.86. The number of thiophene rings is 1. The van der Waals surface area contributed by atoms with Crippen LogP contribution in [0.25, 0.3) is 21.7 Å². The number of anilines is 1. The van der Waals surface area contributed by atoms with Crippen molar-refractivity contribution < 1.29 is 14.3 Å². The zero-order valence-electron chi connectivity index (χ0n) is 21.1. The second-order valence-corrected chi connectivity index (χ2v) is 11.3. The Morgan fingerprint density at radius 3 is 2.69 bits per heavy atom. The molecule has 0 aliphatic heterocycles. The molecule has 1 amide bonds. The van der Waals surface area contributed by atoms with E-state index in [1.54, 1.807) is 31.2 Å². The van der Waals surface area contributed by atoms with Gasteiger partial charge in [0.2, 0.25) is 5.91 Å². The number of benzene rings is 2. The largest absolute Gasteiger partial charge is 0.462 e. The summed E-state index contributed by atoms with van der Waals surface area (Å²) >= 11 is 8.77. The molecular formula is C30H24ClN3O3S2. The molecule has 1 aliphatic rings. The van der Waals surface area contributed by atoms with E-state index < -0.39 is 5.97 Å². The number of aryl methyl sites for hydroxylation is 1. The standard InChI is InChI=1S/C30H24ClN3O3S2/c1-2-37-30(36)26-23-13-9-18-5-3-4-6-22(18)27(23)39-29(26)34-25(35)15-16-38-28-20(17-32)10-14-24(33-28)19-7-11-21(31)12-8-19/h3-8,10-12,14H,2,9,13,15-16H2,1H3,(H,34,35). The van der Waals surface area contributed by atoms with Crippen LogP contribution in [0.1, 0.15) is 40.4 Å². The molecule has 0 unspecified atom stereocenters. The number of hydrogen-bond acceptors (Lipinski definition) is 7. The molecule has 0 saturated heterocycles. The number of ether oxygens (including phenoxy) is 1. The van der Waals surface area contributed by atoms with Gasteiger partial charge < -0.3 is 10.1 Å². The maximum atomic E-state index is 13.0. The van der Waals surface area contributed by atoms with Crippen LogP contribution in [-0.4, -0.2) is 29.2 Å². The third-order valence-electron chi connectivity index (χ3n) is 6.33. The van der Waals surface area contributed by atoms with Gasteiger partial charge in [0.1, 0.15) is 16.1 Å². The Kier molecular flexibility index (Phi) is 8.32. The Bertz CT molecular complexity index is 1590. The molecule has 0 saturated carbocycles. The van der Waals surface area contributed by atoms with Gasteiger partial charge in [0.25, 0.3) is 0 Å². The van der Waals surface area contributed by atoms with Crippen molar-refractivity contribution in [2.75, 3.05) is 17.7 Å². The van der Waals surface area contributed by atoms with E-state index in [0.29, 0.717) is 31.9 Å². The summed E-state index contributed by atoms with van der Waals surface area (Å²) < 4.78 is 5.35. The summed E-state index contributed by atoms with van der Waals surface area (Å²) in [6, 6.07) is 21.2. The zero-order chi connectivity index (χ0) is 27.4. The van der Waals surface area contributed by atoms with Gasteiger partial charge in [0.15, 0.2) is 0 Å². The van der Waals surface area contributed by atoms with Crippen molar-refractivity contribution in [1.29, 1.82) is 5.26 Å². The lowest BCUT2D eigenvalue weighted by Crippen LogP contribution is -2.16. The summed E-state index contributed by atoms with van der Waals surface area (Å²) in [5.74, 6) is -0.214. The number of thioether (sulfide) groups is 1. The first-order chi connectivity index (χ1) is 19.0. The first-order valence-electron chi connectivity index (χ1n) is 12.5. The van der Waals surface area contributed by atoms with Crippen LogP contribution >= 0.6 is 34.7 Å². The molecular weight excluding hydrogens is 550 g/mol. The van der Waals surface area contributed by atoms with Crippen LogP contribution in [0.15, 0.2) is 65.7 Å². The summed E-state index contributed by atoms with van der Waals surface area (Å²) in [5.41, 5.74) is 5.78. The van der Waals surface area contributed by atoms with Gasteiger partial charge in [-0.05, 0) is 60.7 Å². The molecule has 0 bridgehead atoms. The number of hydrogen-bond donors (Lipinski definition) is 1. The maximum Gasteiger partial charge on any atom is 0.341 e. The van der Waals surface area contributed by atoms with E-state index in [1.807, 2.05) is 24.3 Å². The summed E-state index contributed by atoms with van der Waals surface area (Å²) in [6.07, 6.45) is 1.73. The van der Waals surface area contributed by atoms with E-state index in [1.165, 1.54) is 28.7 Å². The third-order valence-corrected chi connectivity index (χ3v) is 8.76. The molecule has 0 radical (unpaired) electrons. The fourth-order valence-electron chi connectivity index (χ4n) is 4.49. The molecule has 1 aliphatic carbocycles. The minimum atomic E-state index is -0.416. The van der Waals surface area contributed by atoms with Crippen molar-refractivity contribution in [3.63, 3.8) is 0 Å². The fraction of sp³-hybridized carbons (Fsp3) is 0.200. The van der Waals surface area contributed by atoms with Crippen LogP contribution in [0.5, 0.6) is 0 Å². The molecule has 9 heteroatoms. The summed E-state index contributed by atoms with van der Waals surface area (Å²) in [7, 11) is 0. The number of pyridine rings is 1. The predicted octanol–water partition coefficient (Wildman–Crippen LogP) is 7.40. The predicted molar refractivity (Wildman–Crippen MR) is 156 cm³/mol. The molecule has 6 nitrogen and oxygen atoms in total. The SMILES string of the molecule is CCOC(=O)c1c(NC(=O)CCSc2nc(-c3ccc(Cl)cc3)ccc2C#N)sc2c1CCc1ccccc1-2. The number of carbonyl (C=O) groups excluding carboxylic acids is 2. The topological polar surface area (TPSA) is 92.1 Å². The van der Waals surface area contributed by atoms with E-state index in [2.05, 4.69) is 28.5 Å². The van der Waals surface area contributed by atoms with Crippen LogP contribution in [0.4, 0.5) is 5.00 Å². The number of nitrogens with one attached hydrogen (secondary N) is 1. The molecule has 196 valence electrons. The Labute approximate surface area is 240 Å². The smallest absolute Gasteiger partial charge is 0.341 e. The van der Waals surface area contributed by atoms with Crippen molar-refractivity contribution in [3.05, 3.63) is 87.9 Å². The van der Waals surface area contributed by atoms with E-state index in [-0.39, 0.29) is 18.9 Å². The molecule has 5 rings (SSSR count). The second-order valence-electron chi connectivity index (χ2n) is 8.81. The average Bonchev–Trinajstić information content (AvgIpc) is 3.32. The van der Waals surface area contributed by atoms with Crippen molar-refractivity contribution in [2.24, 2.45) is 0 Å². The lowest BCUT2D eigenvalue weighted by atomic mass is 9.89. The van der Waals surface area contributed by atoms with Crippen LogP contribution in [0.2, 0.25) is 5.02 Å². The number of halogens is 1. The molecule has 0 spiro atoms. The van der Waals surface area contributed by atoms with Crippen molar-refractivity contribution in [3.8, 4) is 27.8 Å². The molecule has 2 aromatic carbocycles. The lowest BCUT2D eigenvalue weighted by molar-refractivity contribution is -0.115. The van der Waals surface area contributed by atoms with Crippen LogP contribution in [-0.2, 0) is 22.4 Å². The summed E-state index contributed by atoms with van der Waals surface area (Å²) in [5, 5.41) is 14.2. The number of carbonyl (C=O) groups is 2. The average molecular weight is 574 g/mol. The zero-order valence-corrected chi connectivity index (χ0v) is 23.5. The van der Waals surface area contributed by atoms with Gasteiger partial charge in [0, 0.05) is 27.6 Å². The second kappa shape index (κ2) is 12.0. The minimum absolute atomic E-state index is 0.184. The Hall–Kier alpha value is -3.64. The molecule has 0 atom stereocenters. The number of aromatic nitrogens is 1. The molecule has 4 aromatic rings. The number of fused-ring (bicyclic) bond motifs is 3. The van der Waals surface area contributed by atoms with Gasteiger partial charge in [-0.3, -0.25) is 4.79 Å². The van der Waals surface area contributed by atoms with E-state index >= 15 is 0 Å². The molecule has 2 aromatic heterocycles. The van der Waals surface area contributed by atoms with Gasteiger partial charge in [-0.25, -0.2) is 9.78 Å². The van der Waals surface area contributed by atoms with Crippen LogP contribution in [0, 0.1) is 11.3 Å². The molecule has 2 heterocycles. The quantitative estimate of drug-likeness (QED) is 0.174. The molecule has 0 fully saturated rings. The highest BCUT2D eigenvalue weighted by molar-refractivity contribution is 7.99. The van der Waals surface area contributed by atoms with Gasteiger partial charge in [0.05, 0.1) is 23.4 Å². The number of esters is 1. The molecule has 39 heavy (non-hydrogen) atoms. The van der Waals surface area contributed by atoms with E-state index in [4.69, 9.17) is 16.3 Å². The highest BCUT2D eigenvalue weighted by Gasteiger charge is 2.29. The van der Waals surface area contributed by atoms with Crippen molar-refractivity contribution in [1.82, 2.24) is 4.98 Å². The van der Waals surface area contributed by atoms with Crippen LogP contribution in [0.3, 0.4) is 0 Å². The van der Waals surface area contributed by atoms with Gasteiger partial charge >= 0.3 is 5.97 Å². The van der Waals surface area contributed by atoms with Gasteiger partial charge in [-0.2, -0.15) is 5.26 Å². The Balaban J connectivity index is 1.31. The van der Waals surface area contributed by atoms with Gasteiger partial charge in [-0.15, -0.1) is 23.1 Å². The lowest BCUT2D eigenvalue weighted by Gasteiger charge is -2.16. The number of nitrogens with zero attached hydrogens (tertiary/aromatic N) is 2. The van der Waals surface area contributed by atoms with Gasteiger partial charge in [-0.1, -0.05) is 48.0 Å². The minimum Gasteiger partial charge on any atom is -0.462 e. The Morgan fingerprint density at radius 2 is 1.92 bits per heavy atom. The van der Waals surface area contributed by atoms with E-state index in [9.17, 15) is 14.9 Å². The number of amides is 1. The molecule has 1 N–H and O–H groups in total. The normalized spacial score (nSPS) is 11.7. The van der Waals surface area contributed by atoms with Crippen molar-refractivity contribution >= 4 is 51.6 Å². The van der Waals surface area contributed by atoms with Crippen LogP contribution < -0.4 is 5.32 Å². The number of nitriles is 1. The Morgan fingerprint density at radius 1 is 1.13 bits per heavy atom. The number of rotatable bonds is 8. The first-order valence-corrected chi connectivity index (χ1v) is 14.7. The van der Waals surface area contributed by atoms with E-state index in [0.717, 1.165) is 40.1 Å². The van der Waals surface area contributed by atoms with Crippen molar-refractivity contribution in [2.45, 2.75) is 31.2 Å². The first kappa shape index (κ1) is 26.9. The summed E-state index contributed by atoms with van der Waals surface area (Å²) in [4.78, 5) is 31.6. The monoisotopic (exact) mass is 573 g/mol. The highest BCUT2D eigenvalue weighted by Crippen LogP contribution is 2.45.